The van der Waals surface area contributed by atoms with E-state index in [9.17, 15) is 14.3 Å². The van der Waals surface area contributed by atoms with Gasteiger partial charge in [-0.1, -0.05) is 12.5 Å². The van der Waals surface area contributed by atoms with Gasteiger partial charge in [0, 0.05) is 42.6 Å². The van der Waals surface area contributed by atoms with E-state index in [1.165, 1.54) is 6.20 Å². The first-order valence-electron chi connectivity index (χ1n) is 8.23. The van der Waals surface area contributed by atoms with Crippen LogP contribution in [0.2, 0.25) is 0 Å². The fourth-order valence-electron chi connectivity index (χ4n) is 4.34. The zero-order chi connectivity index (χ0) is 15.3. The quantitative estimate of drug-likeness (QED) is 0.851. The molecule has 2 unspecified atom stereocenters. The van der Waals surface area contributed by atoms with Gasteiger partial charge in [-0.2, -0.15) is 4.39 Å². The van der Waals surface area contributed by atoms with Gasteiger partial charge in [0.05, 0.1) is 0 Å². The van der Waals surface area contributed by atoms with Crippen molar-refractivity contribution in [2.24, 2.45) is 17.8 Å². The number of aromatic nitrogens is 1. The van der Waals surface area contributed by atoms with Crippen molar-refractivity contribution in [2.45, 2.75) is 37.7 Å². The monoisotopic (exact) mass is 304 g/mol. The second-order valence-corrected chi connectivity index (χ2v) is 7.01. The summed E-state index contributed by atoms with van der Waals surface area (Å²) in [6.07, 6.45) is 6.08. The number of pyridine rings is 1. The van der Waals surface area contributed by atoms with E-state index in [2.05, 4.69) is 4.98 Å². The summed E-state index contributed by atoms with van der Waals surface area (Å²) in [5, 5.41) is 11.3. The fourth-order valence-corrected chi connectivity index (χ4v) is 4.34. The lowest BCUT2D eigenvalue weighted by molar-refractivity contribution is -0.165. The van der Waals surface area contributed by atoms with Crippen LogP contribution in [0, 0.1) is 23.7 Å². The van der Waals surface area contributed by atoms with E-state index < -0.39 is 11.5 Å². The predicted molar refractivity (Wildman–Crippen MR) is 78.2 cm³/mol. The first-order chi connectivity index (χ1) is 10.6. The molecule has 2 saturated carbocycles. The Balaban J connectivity index is 1.67. The van der Waals surface area contributed by atoms with E-state index in [-0.39, 0.29) is 23.7 Å². The van der Waals surface area contributed by atoms with Gasteiger partial charge in [-0.05, 0) is 31.7 Å². The lowest BCUT2D eigenvalue weighted by atomic mass is 9.62. The minimum absolute atomic E-state index is 0.0959. The molecule has 0 radical (unpaired) electrons. The first-order valence-corrected chi connectivity index (χ1v) is 8.23. The second-order valence-electron chi connectivity index (χ2n) is 7.01. The molecule has 3 aliphatic rings. The fraction of sp³-hybridized carbons (Fsp3) is 0.647. The van der Waals surface area contributed by atoms with Crippen molar-refractivity contribution >= 4 is 5.91 Å². The summed E-state index contributed by atoms with van der Waals surface area (Å²) in [5.74, 6) is -0.348. The van der Waals surface area contributed by atoms with Gasteiger partial charge in [0.2, 0.25) is 11.9 Å². The van der Waals surface area contributed by atoms with Gasteiger partial charge in [-0.15, -0.1) is 0 Å². The van der Waals surface area contributed by atoms with E-state index in [4.69, 9.17) is 0 Å². The molecule has 0 spiro atoms. The van der Waals surface area contributed by atoms with Crippen LogP contribution in [0.15, 0.2) is 18.3 Å². The average molecular weight is 304 g/mol. The van der Waals surface area contributed by atoms with Crippen molar-refractivity contribution in [1.82, 2.24) is 9.88 Å². The number of hydrogen-bond acceptors (Lipinski definition) is 3. The smallest absolute Gasteiger partial charge is 0.225 e. The summed E-state index contributed by atoms with van der Waals surface area (Å²) >= 11 is 0. The molecule has 1 aromatic rings. The van der Waals surface area contributed by atoms with E-state index in [1.54, 1.807) is 12.1 Å². The third-order valence-corrected chi connectivity index (χ3v) is 5.66. The van der Waals surface area contributed by atoms with Crippen LogP contribution in [0.5, 0.6) is 0 Å². The van der Waals surface area contributed by atoms with Crippen molar-refractivity contribution in [1.29, 1.82) is 0 Å². The van der Waals surface area contributed by atoms with E-state index in [0.717, 1.165) is 32.1 Å². The minimum Gasteiger partial charge on any atom is -0.384 e. The number of likely N-dealkylation sites (tertiary alicyclic amines) is 1. The summed E-state index contributed by atoms with van der Waals surface area (Å²) < 4.78 is 14.2. The Bertz CT molecular complexity index is 588. The maximum atomic E-state index is 14.2. The molecular formula is C17H21FN2O2. The van der Waals surface area contributed by atoms with Crippen LogP contribution in [-0.2, 0) is 10.4 Å². The third kappa shape index (κ3) is 2.06. The van der Waals surface area contributed by atoms with E-state index >= 15 is 0 Å². The topological polar surface area (TPSA) is 53.4 Å². The Morgan fingerprint density at radius 2 is 1.95 bits per heavy atom. The van der Waals surface area contributed by atoms with Crippen LogP contribution in [0.4, 0.5) is 4.39 Å². The Morgan fingerprint density at radius 3 is 2.55 bits per heavy atom. The van der Waals surface area contributed by atoms with Gasteiger partial charge in [0.25, 0.3) is 0 Å². The highest BCUT2D eigenvalue weighted by Crippen LogP contribution is 2.50. The molecule has 1 N–H and O–H groups in total. The molecular weight excluding hydrogens is 283 g/mol. The van der Waals surface area contributed by atoms with Crippen LogP contribution in [-0.4, -0.2) is 34.0 Å². The molecule has 1 amide bonds. The van der Waals surface area contributed by atoms with Gasteiger partial charge >= 0.3 is 0 Å². The summed E-state index contributed by atoms with van der Waals surface area (Å²) in [5.41, 5.74) is -0.875. The average Bonchev–Trinajstić information content (AvgIpc) is 3.31. The number of aliphatic hydroxyl groups is 1. The highest BCUT2D eigenvalue weighted by molar-refractivity contribution is 5.81. The largest absolute Gasteiger partial charge is 0.384 e. The molecule has 3 fully saturated rings. The number of hydrogen-bond donors (Lipinski definition) is 1. The molecule has 22 heavy (non-hydrogen) atoms. The van der Waals surface area contributed by atoms with Crippen LogP contribution in [0.3, 0.4) is 0 Å². The summed E-state index contributed by atoms with van der Waals surface area (Å²) in [6.45, 7) is 1.08. The van der Waals surface area contributed by atoms with Gasteiger partial charge in [0.15, 0.2) is 0 Å². The molecule has 2 heterocycles. The van der Waals surface area contributed by atoms with Crippen LogP contribution < -0.4 is 0 Å². The summed E-state index contributed by atoms with van der Waals surface area (Å²) in [6, 6.07) is 3.32. The van der Waals surface area contributed by atoms with Crippen molar-refractivity contribution in [2.75, 3.05) is 13.1 Å². The van der Waals surface area contributed by atoms with E-state index in [0.29, 0.717) is 18.7 Å². The molecule has 1 saturated heterocycles. The van der Waals surface area contributed by atoms with Crippen LogP contribution in [0.1, 0.15) is 37.7 Å². The number of amides is 1. The van der Waals surface area contributed by atoms with Crippen molar-refractivity contribution in [3.05, 3.63) is 29.8 Å². The van der Waals surface area contributed by atoms with Crippen LogP contribution in [0.25, 0.3) is 0 Å². The number of rotatable bonds is 2. The summed E-state index contributed by atoms with van der Waals surface area (Å²) in [7, 11) is 0. The first kappa shape index (κ1) is 14.1. The Kier molecular flexibility index (Phi) is 3.22. The number of nitrogens with zero attached hydrogens (tertiary/aromatic N) is 2. The Morgan fingerprint density at radius 1 is 1.27 bits per heavy atom. The number of piperidine rings is 1. The van der Waals surface area contributed by atoms with Gasteiger partial charge in [-0.25, -0.2) is 4.98 Å². The SMILES string of the molecule is O=C(C1CC1)N1CC2CCCC(C1)C2(O)c1cccnc1F. The minimum atomic E-state index is -1.18. The highest BCUT2D eigenvalue weighted by Gasteiger charge is 2.54. The summed E-state index contributed by atoms with van der Waals surface area (Å²) in [4.78, 5) is 18.0. The Labute approximate surface area is 129 Å². The molecule has 2 atom stereocenters. The molecule has 4 nitrogen and oxygen atoms in total. The number of fused-ring (bicyclic) bond motifs is 2. The zero-order valence-electron chi connectivity index (χ0n) is 12.5. The number of carbonyl (C=O) groups is 1. The molecule has 1 aliphatic heterocycles. The van der Waals surface area contributed by atoms with Crippen LogP contribution >= 0.6 is 0 Å². The third-order valence-electron chi connectivity index (χ3n) is 5.66. The van der Waals surface area contributed by atoms with Crippen molar-refractivity contribution in [3.8, 4) is 0 Å². The number of halogens is 1. The zero-order valence-corrected chi connectivity index (χ0v) is 12.5. The maximum Gasteiger partial charge on any atom is 0.225 e. The molecule has 5 heteroatoms. The molecule has 2 aliphatic carbocycles. The van der Waals surface area contributed by atoms with E-state index in [1.807, 2.05) is 4.90 Å². The molecule has 4 rings (SSSR count). The second kappa shape index (κ2) is 5.01. The number of carbonyl (C=O) groups excluding carboxylic acids is 1. The Hall–Kier alpha value is -1.49. The molecule has 1 aromatic heterocycles. The normalized spacial score (nSPS) is 34.5. The lowest BCUT2D eigenvalue weighted by Crippen LogP contribution is -2.59. The van der Waals surface area contributed by atoms with Crippen molar-refractivity contribution in [3.63, 3.8) is 0 Å². The maximum absolute atomic E-state index is 14.2. The van der Waals surface area contributed by atoms with Gasteiger partial charge in [-0.3, -0.25) is 4.79 Å². The lowest BCUT2D eigenvalue weighted by Gasteiger charge is -2.53. The standard InChI is InChI=1S/C17H21FN2O2/c18-15-14(5-2-8-19-15)17(22)12-3-1-4-13(17)10-20(9-12)16(21)11-6-7-11/h2,5,8,11-13,22H,1,3-4,6-7,9-10H2. The van der Waals surface area contributed by atoms with Crippen molar-refractivity contribution < 1.29 is 14.3 Å². The predicted octanol–water partition coefficient (Wildman–Crippen LogP) is 2.08. The molecule has 118 valence electrons. The van der Waals surface area contributed by atoms with Gasteiger partial charge < -0.3 is 10.0 Å². The molecule has 0 aromatic carbocycles. The highest BCUT2D eigenvalue weighted by atomic mass is 19.1. The molecule has 2 bridgehead atoms. The van der Waals surface area contributed by atoms with Gasteiger partial charge in [0.1, 0.15) is 5.60 Å².